The molecule has 6 nitrogen and oxygen atoms in total. The molecule has 1 atom stereocenters. The van der Waals surface area contributed by atoms with Crippen molar-refractivity contribution in [2.24, 2.45) is 11.7 Å². The number of hydrogen-bond donors (Lipinski definition) is 2. The Morgan fingerprint density at radius 3 is 2.65 bits per heavy atom. The lowest BCUT2D eigenvalue weighted by Gasteiger charge is -2.12. The largest absolute Gasteiger partial charge is 0.379 e. The first-order valence-corrected chi connectivity index (χ1v) is 9.10. The smallest absolute Gasteiger partial charge is 0.221 e. The molecule has 0 aliphatic carbocycles. The van der Waals surface area contributed by atoms with Crippen LogP contribution < -0.4 is 11.1 Å². The molecule has 2 radical (unpaired) electrons. The minimum Gasteiger partial charge on any atom is -0.379 e. The van der Waals surface area contributed by atoms with Gasteiger partial charge in [-0.2, -0.15) is 11.8 Å². The zero-order valence-corrected chi connectivity index (χ0v) is 14.7. The van der Waals surface area contributed by atoms with Gasteiger partial charge in [0.05, 0.1) is 27.0 Å². The maximum atomic E-state index is 11.8. The van der Waals surface area contributed by atoms with Crippen molar-refractivity contribution in [2.45, 2.75) is 38.9 Å². The number of carbonyl (C=O) groups excluding carboxylic acids is 3. The van der Waals surface area contributed by atoms with E-state index in [1.165, 1.54) is 0 Å². The van der Waals surface area contributed by atoms with Crippen LogP contribution in [0.1, 0.15) is 32.6 Å². The van der Waals surface area contributed by atoms with Crippen molar-refractivity contribution in [1.29, 1.82) is 0 Å². The molecular weight excluding hydrogens is 315 g/mol. The highest BCUT2D eigenvalue weighted by molar-refractivity contribution is 7.99. The lowest BCUT2D eigenvalue weighted by molar-refractivity contribution is -0.127. The van der Waals surface area contributed by atoms with E-state index < -0.39 is 11.8 Å². The highest BCUT2D eigenvalue weighted by Crippen LogP contribution is 2.15. The number of nitrogens with one attached hydrogen (secondary N) is 1. The summed E-state index contributed by atoms with van der Waals surface area (Å²) < 4.78 is 5.28. The topological polar surface area (TPSA) is 98.5 Å². The first kappa shape index (κ1) is 22.0. The predicted molar refractivity (Wildman–Crippen MR) is 93.5 cm³/mol. The average Bonchev–Trinajstić information content (AvgIpc) is 2.53. The molecule has 23 heavy (non-hydrogen) atoms. The van der Waals surface area contributed by atoms with E-state index in [9.17, 15) is 14.4 Å². The third-order valence-corrected chi connectivity index (χ3v) is 4.32. The van der Waals surface area contributed by atoms with Gasteiger partial charge in [0.15, 0.2) is 0 Å². The monoisotopic (exact) mass is 342 g/mol. The molecule has 0 saturated carbocycles. The third kappa shape index (κ3) is 13.1. The molecule has 0 aliphatic heterocycles. The van der Waals surface area contributed by atoms with Gasteiger partial charge in [0.25, 0.3) is 0 Å². The molecular formula is C15H27BN2O4S. The Bertz CT molecular complexity index is 369. The van der Waals surface area contributed by atoms with Crippen molar-refractivity contribution < 1.29 is 19.1 Å². The highest BCUT2D eigenvalue weighted by Gasteiger charge is 2.19. The van der Waals surface area contributed by atoms with E-state index in [2.05, 4.69) is 5.32 Å². The Kier molecular flexibility index (Phi) is 13.9. The van der Waals surface area contributed by atoms with Crippen LogP contribution in [0, 0.1) is 5.92 Å². The van der Waals surface area contributed by atoms with Gasteiger partial charge >= 0.3 is 0 Å². The molecule has 8 heteroatoms. The van der Waals surface area contributed by atoms with Gasteiger partial charge in [0.1, 0.15) is 5.78 Å². The standard InChI is InChI=1S/C15H27BN2O4S/c1-2-14(20)18-6-8-22-7-4-13(19)10-12(15(17)21)11-23-9-3-5-16/h12H,2-11H2,1H3,(H2,17,21)(H,18,20). The van der Waals surface area contributed by atoms with Crippen molar-refractivity contribution in [3.8, 4) is 0 Å². The molecule has 0 spiro atoms. The number of ether oxygens (including phenoxy) is 1. The summed E-state index contributed by atoms with van der Waals surface area (Å²) >= 11 is 1.59. The molecule has 1 unspecified atom stereocenters. The van der Waals surface area contributed by atoms with E-state index >= 15 is 0 Å². The number of hydrogen-bond acceptors (Lipinski definition) is 5. The molecule has 0 heterocycles. The Morgan fingerprint density at radius 1 is 1.30 bits per heavy atom. The lowest BCUT2D eigenvalue weighted by Crippen LogP contribution is -2.28. The maximum Gasteiger partial charge on any atom is 0.221 e. The zero-order chi connectivity index (χ0) is 17.5. The molecule has 0 bridgehead atoms. The van der Waals surface area contributed by atoms with Crippen molar-refractivity contribution in [3.05, 3.63) is 0 Å². The molecule has 2 amide bonds. The minimum atomic E-state index is -0.443. The molecule has 0 aromatic carbocycles. The number of amides is 2. The fourth-order valence-corrected chi connectivity index (χ4v) is 2.81. The van der Waals surface area contributed by atoms with E-state index in [-0.39, 0.29) is 31.1 Å². The average molecular weight is 342 g/mol. The van der Waals surface area contributed by atoms with Gasteiger partial charge in [-0.1, -0.05) is 19.7 Å². The summed E-state index contributed by atoms with van der Waals surface area (Å²) in [6.45, 7) is 2.86. The first-order valence-electron chi connectivity index (χ1n) is 7.94. The number of nitrogens with two attached hydrogens (primary N) is 1. The van der Waals surface area contributed by atoms with Crippen LogP contribution in [0.3, 0.4) is 0 Å². The van der Waals surface area contributed by atoms with Crippen molar-refractivity contribution in [1.82, 2.24) is 5.32 Å². The first-order chi connectivity index (χ1) is 11.0. The molecule has 0 aromatic heterocycles. The summed E-state index contributed by atoms with van der Waals surface area (Å²) in [4.78, 5) is 34.2. The van der Waals surface area contributed by atoms with E-state index in [0.717, 1.165) is 12.2 Å². The van der Waals surface area contributed by atoms with E-state index in [4.69, 9.17) is 18.3 Å². The van der Waals surface area contributed by atoms with Gasteiger partial charge in [0.2, 0.25) is 11.8 Å². The summed E-state index contributed by atoms with van der Waals surface area (Å²) in [5, 5.41) is 2.68. The summed E-state index contributed by atoms with van der Waals surface area (Å²) in [6, 6.07) is 0. The van der Waals surface area contributed by atoms with Crippen LogP contribution in [-0.2, 0) is 19.1 Å². The maximum absolute atomic E-state index is 11.8. The lowest BCUT2D eigenvalue weighted by atomic mass is 10.0. The number of ketones is 1. The Balaban J connectivity index is 3.78. The van der Waals surface area contributed by atoms with Crippen LogP contribution in [-0.4, -0.2) is 56.7 Å². The Labute approximate surface area is 144 Å². The second kappa shape index (κ2) is 14.6. The van der Waals surface area contributed by atoms with Crippen LogP contribution in [0.5, 0.6) is 0 Å². The number of primary amides is 1. The number of Topliss-reactive ketones (excluding diaryl/α,β-unsaturated/α-hetero) is 1. The minimum absolute atomic E-state index is 0.0267. The van der Waals surface area contributed by atoms with Crippen molar-refractivity contribution in [2.75, 3.05) is 31.3 Å². The highest BCUT2D eigenvalue weighted by atomic mass is 32.2. The summed E-state index contributed by atoms with van der Waals surface area (Å²) in [5.41, 5.74) is 5.33. The second-order valence-electron chi connectivity index (χ2n) is 5.13. The van der Waals surface area contributed by atoms with Crippen LogP contribution in [0.2, 0.25) is 6.32 Å². The molecule has 0 fully saturated rings. The van der Waals surface area contributed by atoms with Crippen LogP contribution >= 0.6 is 11.8 Å². The molecule has 0 saturated heterocycles. The van der Waals surface area contributed by atoms with Crippen LogP contribution in [0.4, 0.5) is 0 Å². The molecule has 0 aromatic rings. The van der Waals surface area contributed by atoms with E-state index in [1.54, 1.807) is 18.7 Å². The molecule has 0 aliphatic rings. The fourth-order valence-electron chi connectivity index (χ4n) is 1.71. The fraction of sp³-hybridized carbons (Fsp3) is 0.800. The number of thioether (sulfide) groups is 1. The van der Waals surface area contributed by atoms with Crippen molar-refractivity contribution >= 4 is 37.2 Å². The summed E-state index contributed by atoms with van der Waals surface area (Å²) in [5.74, 6) is 0.467. The molecule has 130 valence electrons. The van der Waals surface area contributed by atoms with E-state index in [0.29, 0.717) is 31.6 Å². The SMILES string of the molecule is [B]CCCSCC(CC(=O)CCOCCNC(=O)CC)C(N)=O. The van der Waals surface area contributed by atoms with Gasteiger partial charge in [-0.25, -0.2) is 0 Å². The van der Waals surface area contributed by atoms with Gasteiger partial charge in [-0.15, -0.1) is 0 Å². The number of rotatable bonds is 15. The molecule has 3 N–H and O–H groups in total. The third-order valence-electron chi connectivity index (χ3n) is 3.10. The summed E-state index contributed by atoms with van der Waals surface area (Å²) in [7, 11) is 5.40. The van der Waals surface area contributed by atoms with Gasteiger partial charge in [-0.05, 0) is 5.75 Å². The second-order valence-corrected chi connectivity index (χ2v) is 6.27. The van der Waals surface area contributed by atoms with Gasteiger partial charge in [-0.3, -0.25) is 14.4 Å². The zero-order valence-electron chi connectivity index (χ0n) is 13.8. The predicted octanol–water partition coefficient (Wildman–Crippen LogP) is 0.690. The van der Waals surface area contributed by atoms with Gasteiger partial charge in [0, 0.05) is 31.6 Å². The van der Waals surface area contributed by atoms with Crippen LogP contribution in [0.25, 0.3) is 0 Å². The quantitative estimate of drug-likeness (QED) is 0.337. The molecule has 0 rings (SSSR count). The Morgan fingerprint density at radius 2 is 2.04 bits per heavy atom. The number of carbonyl (C=O) groups is 3. The van der Waals surface area contributed by atoms with Crippen molar-refractivity contribution in [3.63, 3.8) is 0 Å². The van der Waals surface area contributed by atoms with Gasteiger partial charge < -0.3 is 15.8 Å². The van der Waals surface area contributed by atoms with Crippen LogP contribution in [0.15, 0.2) is 0 Å². The Hall–Kier alpha value is -1.02. The normalized spacial score (nSPS) is 11.9. The summed E-state index contributed by atoms with van der Waals surface area (Å²) in [6.07, 6.45) is 2.34. The van der Waals surface area contributed by atoms with E-state index in [1.807, 2.05) is 0 Å².